The molecule has 4 atom stereocenters. The Kier molecular flexibility index (Phi) is 5.55. The number of alkyl carbamates (subject to hydrolysis) is 1. The van der Waals surface area contributed by atoms with Crippen molar-refractivity contribution >= 4 is 12.1 Å². The molecule has 0 aliphatic heterocycles. The van der Waals surface area contributed by atoms with Crippen LogP contribution in [0.4, 0.5) is 4.79 Å². The molecule has 1 aliphatic rings. The number of carbonyl (C=O) groups is 2. The molecule has 1 saturated carbocycles. The average molecular weight is 298 g/mol. The summed E-state index contributed by atoms with van der Waals surface area (Å²) < 4.78 is 10.0. The topological polar surface area (TPSA) is 109 Å². The number of hydrogen-bond acceptors (Lipinski definition) is 6. The Morgan fingerprint density at radius 3 is 2.52 bits per heavy atom. The number of aliphatic hydroxyl groups excluding tert-OH is 1. The first-order valence-corrected chi connectivity index (χ1v) is 6.93. The lowest BCUT2D eigenvalue weighted by molar-refractivity contribution is -0.148. The standard InChI is InChI=1S/C14H22N2O5/c1-5-20-12(18)9-6-8(7-15)11(17)10(9)16-13(19)21-14(2,3)4/h8-11,17H,5-6H2,1-4H3,(H,16,19)/t8-,9+,10+,11-/m0/s1. The lowest BCUT2D eigenvalue weighted by atomic mass is 10.0. The molecule has 0 radical (unpaired) electrons. The van der Waals surface area contributed by atoms with Crippen molar-refractivity contribution < 1.29 is 24.2 Å². The van der Waals surface area contributed by atoms with E-state index in [2.05, 4.69) is 5.32 Å². The minimum Gasteiger partial charge on any atom is -0.466 e. The van der Waals surface area contributed by atoms with Gasteiger partial charge in [0.25, 0.3) is 0 Å². The van der Waals surface area contributed by atoms with E-state index >= 15 is 0 Å². The van der Waals surface area contributed by atoms with Crippen molar-refractivity contribution in [2.24, 2.45) is 11.8 Å². The molecular formula is C14H22N2O5. The molecule has 0 unspecified atom stereocenters. The number of nitrogens with zero attached hydrogens (tertiary/aromatic N) is 1. The molecule has 0 saturated heterocycles. The van der Waals surface area contributed by atoms with E-state index in [-0.39, 0.29) is 13.0 Å². The largest absolute Gasteiger partial charge is 0.466 e. The molecule has 0 heterocycles. The van der Waals surface area contributed by atoms with Crippen molar-refractivity contribution in [1.29, 1.82) is 5.26 Å². The third-order valence-corrected chi connectivity index (χ3v) is 3.16. The van der Waals surface area contributed by atoms with Crippen LogP contribution in [-0.4, -0.2) is 41.5 Å². The molecule has 21 heavy (non-hydrogen) atoms. The normalized spacial score (nSPS) is 28.6. The summed E-state index contributed by atoms with van der Waals surface area (Å²) in [5.41, 5.74) is -0.693. The lowest BCUT2D eigenvalue weighted by Crippen LogP contribution is -2.48. The molecule has 0 bridgehead atoms. The van der Waals surface area contributed by atoms with Gasteiger partial charge in [-0.25, -0.2) is 4.79 Å². The van der Waals surface area contributed by atoms with Gasteiger partial charge in [-0.3, -0.25) is 4.79 Å². The number of nitriles is 1. The van der Waals surface area contributed by atoms with Gasteiger partial charge in [-0.15, -0.1) is 0 Å². The second-order valence-corrected chi connectivity index (χ2v) is 5.99. The smallest absolute Gasteiger partial charge is 0.407 e. The van der Waals surface area contributed by atoms with Crippen LogP contribution in [0.2, 0.25) is 0 Å². The van der Waals surface area contributed by atoms with E-state index in [1.54, 1.807) is 27.7 Å². The van der Waals surface area contributed by atoms with E-state index in [9.17, 15) is 14.7 Å². The Hall–Kier alpha value is -1.81. The number of nitrogens with one attached hydrogen (secondary N) is 1. The Bertz CT molecular complexity index is 438. The van der Waals surface area contributed by atoms with Crippen molar-refractivity contribution in [2.45, 2.75) is 51.9 Å². The molecule has 0 aromatic carbocycles. The lowest BCUT2D eigenvalue weighted by Gasteiger charge is -2.25. The Labute approximate surface area is 124 Å². The molecule has 7 nitrogen and oxygen atoms in total. The van der Waals surface area contributed by atoms with Gasteiger partial charge in [-0.05, 0) is 34.1 Å². The zero-order valence-corrected chi connectivity index (χ0v) is 12.8. The van der Waals surface area contributed by atoms with E-state index in [1.165, 1.54) is 0 Å². The van der Waals surface area contributed by atoms with Gasteiger partial charge in [0.2, 0.25) is 0 Å². The SMILES string of the molecule is CCOC(=O)[C@@H]1C[C@@H](C#N)[C@H](O)[C@@H]1NC(=O)OC(C)(C)C. The van der Waals surface area contributed by atoms with Crippen molar-refractivity contribution in [1.82, 2.24) is 5.32 Å². The van der Waals surface area contributed by atoms with Crippen LogP contribution in [0.5, 0.6) is 0 Å². The molecule has 0 spiro atoms. The molecule has 1 aliphatic carbocycles. The summed E-state index contributed by atoms with van der Waals surface area (Å²) >= 11 is 0. The number of rotatable bonds is 3. The second-order valence-electron chi connectivity index (χ2n) is 5.99. The predicted octanol–water partition coefficient (Wildman–Crippen LogP) is 0.963. The molecule has 1 amide bonds. The fraction of sp³-hybridized carbons (Fsp3) is 0.786. The molecule has 1 rings (SSSR count). The summed E-state index contributed by atoms with van der Waals surface area (Å²) in [6.45, 7) is 6.98. The van der Waals surface area contributed by atoms with Crippen LogP contribution in [0, 0.1) is 23.2 Å². The Balaban J connectivity index is 2.81. The van der Waals surface area contributed by atoms with Crippen LogP contribution in [-0.2, 0) is 14.3 Å². The molecule has 2 N–H and O–H groups in total. The van der Waals surface area contributed by atoms with Crippen LogP contribution in [0.15, 0.2) is 0 Å². The third kappa shape index (κ3) is 4.60. The van der Waals surface area contributed by atoms with Crippen LogP contribution in [0.25, 0.3) is 0 Å². The minimum absolute atomic E-state index is 0.150. The van der Waals surface area contributed by atoms with E-state index in [4.69, 9.17) is 14.7 Å². The Morgan fingerprint density at radius 1 is 1.43 bits per heavy atom. The quantitative estimate of drug-likeness (QED) is 0.751. The molecule has 0 aromatic rings. The molecule has 118 valence electrons. The molecule has 7 heteroatoms. The van der Waals surface area contributed by atoms with Crippen molar-refractivity contribution in [3.05, 3.63) is 0 Å². The highest BCUT2D eigenvalue weighted by Gasteiger charge is 2.48. The van der Waals surface area contributed by atoms with E-state index < -0.39 is 41.6 Å². The predicted molar refractivity (Wildman–Crippen MR) is 73.0 cm³/mol. The maximum absolute atomic E-state index is 11.9. The molecule has 0 aromatic heterocycles. The van der Waals surface area contributed by atoms with Crippen LogP contribution in [0.1, 0.15) is 34.1 Å². The number of aliphatic hydroxyl groups is 1. The van der Waals surface area contributed by atoms with Gasteiger partial charge in [-0.1, -0.05) is 0 Å². The monoisotopic (exact) mass is 298 g/mol. The van der Waals surface area contributed by atoms with E-state index in [0.717, 1.165) is 0 Å². The maximum atomic E-state index is 11.9. The van der Waals surface area contributed by atoms with Gasteiger partial charge in [-0.2, -0.15) is 5.26 Å². The van der Waals surface area contributed by atoms with Gasteiger partial charge < -0.3 is 19.9 Å². The van der Waals surface area contributed by atoms with Crippen molar-refractivity contribution in [3.63, 3.8) is 0 Å². The molecular weight excluding hydrogens is 276 g/mol. The van der Waals surface area contributed by atoms with Crippen molar-refractivity contribution in [3.8, 4) is 6.07 Å². The second kappa shape index (κ2) is 6.76. The van der Waals surface area contributed by atoms with Crippen LogP contribution >= 0.6 is 0 Å². The summed E-state index contributed by atoms with van der Waals surface area (Å²) in [7, 11) is 0. The van der Waals surface area contributed by atoms with Gasteiger partial charge in [0.1, 0.15) is 5.60 Å². The van der Waals surface area contributed by atoms with Gasteiger partial charge in [0, 0.05) is 0 Å². The first-order chi connectivity index (χ1) is 9.69. The summed E-state index contributed by atoms with van der Waals surface area (Å²) in [6.07, 6.45) is -1.71. The summed E-state index contributed by atoms with van der Waals surface area (Å²) in [5, 5.41) is 21.6. The zero-order valence-electron chi connectivity index (χ0n) is 12.8. The van der Waals surface area contributed by atoms with Gasteiger partial charge in [0.05, 0.1) is 36.7 Å². The van der Waals surface area contributed by atoms with Crippen LogP contribution in [0.3, 0.4) is 0 Å². The highest BCUT2D eigenvalue weighted by molar-refractivity contribution is 5.76. The highest BCUT2D eigenvalue weighted by Crippen LogP contribution is 2.32. The minimum atomic E-state index is -1.13. The average Bonchev–Trinajstić information content (AvgIpc) is 2.65. The third-order valence-electron chi connectivity index (χ3n) is 3.16. The fourth-order valence-electron chi connectivity index (χ4n) is 2.30. The maximum Gasteiger partial charge on any atom is 0.407 e. The summed E-state index contributed by atoms with van der Waals surface area (Å²) in [5.74, 6) is -2.01. The number of carbonyl (C=O) groups excluding carboxylic acids is 2. The van der Waals surface area contributed by atoms with E-state index in [1.807, 2.05) is 6.07 Å². The van der Waals surface area contributed by atoms with Gasteiger partial charge in [0.15, 0.2) is 0 Å². The number of ether oxygens (including phenoxy) is 2. The first-order valence-electron chi connectivity index (χ1n) is 6.93. The zero-order chi connectivity index (χ0) is 16.2. The summed E-state index contributed by atoms with van der Waals surface area (Å²) in [6, 6.07) is 1.06. The number of esters is 1. The molecule has 1 fully saturated rings. The summed E-state index contributed by atoms with van der Waals surface area (Å²) in [4.78, 5) is 23.7. The Morgan fingerprint density at radius 2 is 2.05 bits per heavy atom. The van der Waals surface area contributed by atoms with Crippen molar-refractivity contribution in [2.75, 3.05) is 6.61 Å². The van der Waals surface area contributed by atoms with Crippen LogP contribution < -0.4 is 5.32 Å². The van der Waals surface area contributed by atoms with E-state index in [0.29, 0.717) is 0 Å². The highest BCUT2D eigenvalue weighted by atomic mass is 16.6. The first kappa shape index (κ1) is 17.2. The van der Waals surface area contributed by atoms with Gasteiger partial charge >= 0.3 is 12.1 Å². The number of amides is 1. The number of hydrogen-bond donors (Lipinski definition) is 2. The fourth-order valence-corrected chi connectivity index (χ4v) is 2.30.